The van der Waals surface area contributed by atoms with Gasteiger partial charge < -0.3 is 20.7 Å². The van der Waals surface area contributed by atoms with Crippen LogP contribution in [0.3, 0.4) is 0 Å². The van der Waals surface area contributed by atoms with Crippen molar-refractivity contribution in [1.29, 1.82) is 0 Å². The van der Waals surface area contributed by atoms with Crippen molar-refractivity contribution in [2.24, 2.45) is 10.7 Å². The zero-order valence-electron chi connectivity index (χ0n) is 14.8. The zero-order valence-corrected chi connectivity index (χ0v) is 14.8. The summed E-state index contributed by atoms with van der Waals surface area (Å²) in [5.74, 6) is 0.473. The number of ether oxygens (including phenoxy) is 1. The maximum Gasteiger partial charge on any atom is 0.193 e. The van der Waals surface area contributed by atoms with Crippen LogP contribution in [0.15, 0.2) is 29.3 Å². The number of unbranched alkanes of at least 4 members (excludes halogenated alkanes) is 4. The van der Waals surface area contributed by atoms with Crippen molar-refractivity contribution in [3.8, 4) is 0 Å². The second-order valence-corrected chi connectivity index (χ2v) is 6.05. The number of guanidine groups is 1. The molecule has 0 aromatic heterocycles. The summed E-state index contributed by atoms with van der Waals surface area (Å²) in [6.07, 6.45) is 6.14. The minimum atomic E-state index is 0.473. The van der Waals surface area contributed by atoms with E-state index in [4.69, 9.17) is 10.5 Å². The third kappa shape index (κ3) is 9.21. The molecule has 0 spiro atoms. The number of rotatable bonds is 11. The normalized spacial score (nSPS) is 11.9. The lowest BCUT2D eigenvalue weighted by Crippen LogP contribution is -2.23. The van der Waals surface area contributed by atoms with E-state index in [1.165, 1.54) is 32.2 Å². The van der Waals surface area contributed by atoms with Crippen molar-refractivity contribution in [3.63, 3.8) is 0 Å². The van der Waals surface area contributed by atoms with Gasteiger partial charge in [0.1, 0.15) is 0 Å². The van der Waals surface area contributed by atoms with Gasteiger partial charge in [-0.3, -0.25) is 4.99 Å². The number of benzene rings is 1. The smallest absolute Gasteiger partial charge is 0.193 e. The highest BCUT2D eigenvalue weighted by Gasteiger charge is 2.02. The van der Waals surface area contributed by atoms with Gasteiger partial charge in [-0.15, -0.1) is 0 Å². The van der Waals surface area contributed by atoms with Crippen LogP contribution in [-0.4, -0.2) is 45.2 Å². The van der Waals surface area contributed by atoms with Gasteiger partial charge in [0.05, 0.1) is 6.61 Å². The molecule has 0 radical (unpaired) electrons. The van der Waals surface area contributed by atoms with Gasteiger partial charge in [-0.2, -0.15) is 0 Å². The largest absolute Gasteiger partial charge is 0.380 e. The maximum absolute atomic E-state index is 5.96. The molecule has 3 N–H and O–H groups in total. The molecule has 5 heteroatoms. The molecule has 23 heavy (non-hydrogen) atoms. The average Bonchev–Trinajstić information content (AvgIpc) is 2.52. The lowest BCUT2D eigenvalue weighted by atomic mass is 10.1. The van der Waals surface area contributed by atoms with Crippen molar-refractivity contribution in [2.45, 2.75) is 38.7 Å². The summed E-state index contributed by atoms with van der Waals surface area (Å²) in [5, 5.41) is 3.16. The number of hydrogen-bond donors (Lipinski definition) is 2. The van der Waals surface area contributed by atoms with Crippen LogP contribution < -0.4 is 11.1 Å². The molecule has 0 bridgehead atoms. The Hall–Kier alpha value is -1.59. The van der Waals surface area contributed by atoms with E-state index in [9.17, 15) is 0 Å². The highest BCUT2D eigenvalue weighted by Crippen LogP contribution is 2.15. The van der Waals surface area contributed by atoms with Gasteiger partial charge in [0.15, 0.2) is 5.96 Å². The highest BCUT2D eigenvalue weighted by atomic mass is 16.5. The van der Waals surface area contributed by atoms with Crippen LogP contribution in [0.2, 0.25) is 0 Å². The van der Waals surface area contributed by atoms with Gasteiger partial charge in [0, 0.05) is 24.9 Å². The summed E-state index contributed by atoms with van der Waals surface area (Å²) in [6, 6.07) is 7.97. The number of para-hydroxylation sites is 1. The van der Waals surface area contributed by atoms with Gasteiger partial charge in [-0.1, -0.05) is 37.5 Å². The monoisotopic (exact) mass is 320 g/mol. The Kier molecular flexibility index (Phi) is 10.1. The van der Waals surface area contributed by atoms with Crippen molar-refractivity contribution in [1.82, 2.24) is 4.90 Å². The van der Waals surface area contributed by atoms with Crippen LogP contribution in [0.4, 0.5) is 5.69 Å². The summed E-state index contributed by atoms with van der Waals surface area (Å²) in [4.78, 5) is 6.64. The molecular weight excluding hydrogens is 288 g/mol. The summed E-state index contributed by atoms with van der Waals surface area (Å²) in [5.41, 5.74) is 7.99. The van der Waals surface area contributed by atoms with Gasteiger partial charge in [-0.05, 0) is 39.5 Å². The first-order valence-corrected chi connectivity index (χ1v) is 8.42. The molecule has 1 aromatic rings. The Morgan fingerprint density at radius 2 is 1.83 bits per heavy atom. The Morgan fingerprint density at radius 3 is 2.57 bits per heavy atom. The van der Waals surface area contributed by atoms with E-state index in [1.54, 1.807) is 7.11 Å². The molecule has 0 saturated carbocycles. The Bertz CT molecular complexity index is 460. The van der Waals surface area contributed by atoms with Gasteiger partial charge >= 0.3 is 0 Å². The fraction of sp³-hybridized carbons (Fsp3) is 0.611. The van der Waals surface area contributed by atoms with Gasteiger partial charge in [-0.25, -0.2) is 0 Å². The summed E-state index contributed by atoms with van der Waals surface area (Å²) in [6.45, 7) is 2.51. The molecule has 1 aromatic carbocycles. The number of aliphatic imine (C=N–C) groups is 1. The average molecular weight is 320 g/mol. The van der Waals surface area contributed by atoms with E-state index in [0.29, 0.717) is 12.6 Å². The van der Waals surface area contributed by atoms with Crippen LogP contribution in [0, 0.1) is 0 Å². The first-order chi connectivity index (χ1) is 11.1. The molecule has 5 nitrogen and oxygen atoms in total. The van der Waals surface area contributed by atoms with Crippen molar-refractivity contribution in [3.05, 3.63) is 29.8 Å². The SMILES string of the molecule is COCc1ccccc1NC(N)=NCCCCCCCN(C)C. The third-order valence-electron chi connectivity index (χ3n) is 3.63. The quantitative estimate of drug-likeness (QED) is 0.374. The molecule has 1 rings (SSSR count). The van der Waals surface area contributed by atoms with Crippen molar-refractivity contribution in [2.75, 3.05) is 39.6 Å². The second-order valence-electron chi connectivity index (χ2n) is 6.05. The standard InChI is InChI=1S/C18H32N4O/c1-22(2)14-10-6-4-5-9-13-20-18(19)21-17-12-8-7-11-16(17)15-23-3/h7-8,11-12H,4-6,9-10,13-15H2,1-3H3,(H3,19,20,21). The lowest BCUT2D eigenvalue weighted by Gasteiger charge is -2.11. The Balaban J connectivity index is 2.22. The first kappa shape index (κ1) is 19.5. The summed E-state index contributed by atoms with van der Waals surface area (Å²) in [7, 11) is 5.93. The third-order valence-corrected chi connectivity index (χ3v) is 3.63. The lowest BCUT2D eigenvalue weighted by molar-refractivity contribution is 0.185. The number of methoxy groups -OCH3 is 1. The highest BCUT2D eigenvalue weighted by molar-refractivity contribution is 5.92. The van der Waals surface area contributed by atoms with E-state index in [0.717, 1.165) is 24.2 Å². The van der Waals surface area contributed by atoms with Crippen LogP contribution in [-0.2, 0) is 11.3 Å². The molecule has 0 heterocycles. The van der Waals surface area contributed by atoms with E-state index >= 15 is 0 Å². The molecule has 0 unspecified atom stereocenters. The molecule has 0 aliphatic carbocycles. The van der Waals surface area contributed by atoms with Crippen LogP contribution >= 0.6 is 0 Å². The predicted octanol–water partition coefficient (Wildman–Crippen LogP) is 3.07. The Labute approximate surface area is 140 Å². The molecule has 0 fully saturated rings. The van der Waals surface area contributed by atoms with E-state index < -0.39 is 0 Å². The fourth-order valence-electron chi connectivity index (χ4n) is 2.37. The zero-order chi connectivity index (χ0) is 16.9. The number of anilines is 1. The molecular formula is C18H32N4O. The summed E-state index contributed by atoms with van der Waals surface area (Å²) < 4.78 is 5.19. The summed E-state index contributed by atoms with van der Waals surface area (Å²) >= 11 is 0. The molecule has 0 amide bonds. The minimum Gasteiger partial charge on any atom is -0.380 e. The second kappa shape index (κ2) is 11.9. The van der Waals surface area contributed by atoms with Crippen molar-refractivity contribution >= 4 is 11.6 Å². The molecule has 0 aliphatic heterocycles. The number of hydrogen-bond acceptors (Lipinski definition) is 3. The Morgan fingerprint density at radius 1 is 1.13 bits per heavy atom. The number of nitrogens with two attached hydrogens (primary N) is 1. The number of nitrogens with one attached hydrogen (secondary N) is 1. The first-order valence-electron chi connectivity index (χ1n) is 8.42. The minimum absolute atomic E-state index is 0.473. The van der Waals surface area contributed by atoms with E-state index in [1.807, 2.05) is 24.3 Å². The van der Waals surface area contributed by atoms with Crippen molar-refractivity contribution < 1.29 is 4.74 Å². The predicted molar refractivity (Wildman–Crippen MR) is 98.9 cm³/mol. The van der Waals surface area contributed by atoms with Crippen LogP contribution in [0.5, 0.6) is 0 Å². The van der Waals surface area contributed by atoms with Crippen LogP contribution in [0.25, 0.3) is 0 Å². The maximum atomic E-state index is 5.96. The van der Waals surface area contributed by atoms with Gasteiger partial charge in [0.25, 0.3) is 0 Å². The fourth-order valence-corrected chi connectivity index (χ4v) is 2.37. The molecule has 130 valence electrons. The van der Waals surface area contributed by atoms with E-state index in [2.05, 4.69) is 29.3 Å². The van der Waals surface area contributed by atoms with Gasteiger partial charge in [0.2, 0.25) is 0 Å². The van der Waals surface area contributed by atoms with Crippen LogP contribution in [0.1, 0.15) is 37.7 Å². The topological polar surface area (TPSA) is 62.9 Å². The number of nitrogens with zero attached hydrogens (tertiary/aromatic N) is 2. The molecule has 0 atom stereocenters. The molecule has 0 aliphatic rings. The molecule has 0 saturated heterocycles. The van der Waals surface area contributed by atoms with E-state index in [-0.39, 0.29) is 0 Å².